The van der Waals surface area contributed by atoms with Crippen molar-refractivity contribution >= 4 is 5.69 Å². The Balaban J connectivity index is 1.84. The van der Waals surface area contributed by atoms with Gasteiger partial charge in [-0.05, 0) is 50.7 Å². The number of nitrogen functional groups attached to an aromatic ring is 1. The summed E-state index contributed by atoms with van der Waals surface area (Å²) in [5, 5.41) is 3.35. The molecule has 0 spiro atoms. The molecular formula is C13H21N3. The smallest absolute Gasteiger partial charge is 0.0314 e. The largest absolute Gasteiger partial charge is 0.399 e. The molecule has 2 rings (SSSR count). The monoisotopic (exact) mass is 219 g/mol. The van der Waals surface area contributed by atoms with Crippen molar-refractivity contribution in [1.29, 1.82) is 0 Å². The van der Waals surface area contributed by atoms with Crippen LogP contribution in [0.15, 0.2) is 24.3 Å². The van der Waals surface area contributed by atoms with Crippen LogP contribution in [-0.4, -0.2) is 31.1 Å². The number of nitrogens with one attached hydrogen (secondary N) is 1. The van der Waals surface area contributed by atoms with Gasteiger partial charge in [-0.2, -0.15) is 0 Å². The molecule has 0 unspecified atom stereocenters. The molecule has 0 atom stereocenters. The summed E-state index contributed by atoms with van der Waals surface area (Å²) in [7, 11) is 2.06. The van der Waals surface area contributed by atoms with Crippen LogP contribution in [0.5, 0.6) is 0 Å². The van der Waals surface area contributed by atoms with Crippen molar-refractivity contribution in [3.05, 3.63) is 29.8 Å². The standard InChI is InChI=1S/C13H21N3/c1-15-13-6-8-16(9-7-13)10-11-2-4-12(14)5-3-11/h2-5,13,15H,6-10,14H2,1H3. The Morgan fingerprint density at radius 3 is 2.44 bits per heavy atom. The number of nitrogens with zero attached hydrogens (tertiary/aromatic N) is 1. The van der Waals surface area contributed by atoms with Gasteiger partial charge in [0.25, 0.3) is 0 Å². The quantitative estimate of drug-likeness (QED) is 0.756. The number of hydrogen-bond acceptors (Lipinski definition) is 3. The summed E-state index contributed by atoms with van der Waals surface area (Å²) in [5.41, 5.74) is 7.88. The third kappa shape index (κ3) is 2.97. The van der Waals surface area contributed by atoms with E-state index >= 15 is 0 Å². The zero-order valence-electron chi connectivity index (χ0n) is 9.95. The van der Waals surface area contributed by atoms with E-state index in [0.29, 0.717) is 6.04 Å². The van der Waals surface area contributed by atoms with Crippen molar-refractivity contribution < 1.29 is 0 Å². The first-order chi connectivity index (χ1) is 7.78. The van der Waals surface area contributed by atoms with Gasteiger partial charge in [-0.3, -0.25) is 4.90 Å². The van der Waals surface area contributed by atoms with E-state index < -0.39 is 0 Å². The molecule has 0 saturated carbocycles. The summed E-state index contributed by atoms with van der Waals surface area (Å²) in [6.45, 7) is 3.43. The van der Waals surface area contributed by atoms with Gasteiger partial charge in [0.15, 0.2) is 0 Å². The van der Waals surface area contributed by atoms with E-state index in [0.717, 1.165) is 12.2 Å². The second-order valence-electron chi connectivity index (χ2n) is 4.58. The average molecular weight is 219 g/mol. The van der Waals surface area contributed by atoms with E-state index in [-0.39, 0.29) is 0 Å². The maximum atomic E-state index is 5.67. The molecule has 1 saturated heterocycles. The Hall–Kier alpha value is -1.06. The Morgan fingerprint density at radius 2 is 1.88 bits per heavy atom. The summed E-state index contributed by atoms with van der Waals surface area (Å²) < 4.78 is 0. The molecular weight excluding hydrogens is 198 g/mol. The number of benzene rings is 1. The molecule has 0 aliphatic carbocycles. The summed E-state index contributed by atoms with van der Waals surface area (Å²) in [4.78, 5) is 2.51. The first kappa shape index (κ1) is 11.4. The number of anilines is 1. The fourth-order valence-corrected chi connectivity index (χ4v) is 2.26. The summed E-state index contributed by atoms with van der Waals surface area (Å²) in [5.74, 6) is 0. The van der Waals surface area contributed by atoms with Gasteiger partial charge in [-0.15, -0.1) is 0 Å². The molecule has 3 heteroatoms. The summed E-state index contributed by atoms with van der Waals surface area (Å²) in [6, 6.07) is 8.92. The minimum absolute atomic E-state index is 0.711. The van der Waals surface area contributed by atoms with Crippen molar-refractivity contribution in [2.45, 2.75) is 25.4 Å². The highest BCUT2D eigenvalue weighted by atomic mass is 15.1. The minimum atomic E-state index is 0.711. The maximum absolute atomic E-state index is 5.67. The van der Waals surface area contributed by atoms with Crippen LogP contribution >= 0.6 is 0 Å². The molecule has 1 aliphatic heterocycles. The van der Waals surface area contributed by atoms with Crippen LogP contribution in [0.2, 0.25) is 0 Å². The number of piperidine rings is 1. The number of rotatable bonds is 3. The topological polar surface area (TPSA) is 41.3 Å². The minimum Gasteiger partial charge on any atom is -0.399 e. The Kier molecular flexibility index (Phi) is 3.80. The van der Waals surface area contributed by atoms with Crippen LogP contribution < -0.4 is 11.1 Å². The van der Waals surface area contributed by atoms with Crippen LogP contribution in [0.4, 0.5) is 5.69 Å². The van der Waals surface area contributed by atoms with E-state index in [1.165, 1.54) is 31.5 Å². The van der Waals surface area contributed by atoms with Crippen molar-refractivity contribution in [1.82, 2.24) is 10.2 Å². The molecule has 1 aliphatic rings. The van der Waals surface area contributed by atoms with Gasteiger partial charge in [-0.25, -0.2) is 0 Å². The van der Waals surface area contributed by atoms with Crippen LogP contribution in [0.1, 0.15) is 18.4 Å². The van der Waals surface area contributed by atoms with Crippen molar-refractivity contribution in [2.24, 2.45) is 0 Å². The van der Waals surface area contributed by atoms with Gasteiger partial charge in [0.05, 0.1) is 0 Å². The molecule has 0 radical (unpaired) electrons. The number of nitrogens with two attached hydrogens (primary N) is 1. The van der Waals surface area contributed by atoms with Crippen LogP contribution in [0.25, 0.3) is 0 Å². The Bertz CT molecular complexity index is 312. The molecule has 88 valence electrons. The maximum Gasteiger partial charge on any atom is 0.0314 e. The molecule has 3 nitrogen and oxygen atoms in total. The zero-order chi connectivity index (χ0) is 11.4. The lowest BCUT2D eigenvalue weighted by Gasteiger charge is -2.31. The van der Waals surface area contributed by atoms with Crippen LogP contribution in [0, 0.1) is 0 Å². The molecule has 1 heterocycles. The van der Waals surface area contributed by atoms with Gasteiger partial charge < -0.3 is 11.1 Å². The van der Waals surface area contributed by atoms with Gasteiger partial charge in [0.1, 0.15) is 0 Å². The molecule has 3 N–H and O–H groups in total. The van der Waals surface area contributed by atoms with E-state index in [9.17, 15) is 0 Å². The van der Waals surface area contributed by atoms with Crippen molar-refractivity contribution in [3.8, 4) is 0 Å². The summed E-state index contributed by atoms with van der Waals surface area (Å²) in [6.07, 6.45) is 2.51. The fourth-order valence-electron chi connectivity index (χ4n) is 2.26. The van der Waals surface area contributed by atoms with E-state index in [2.05, 4.69) is 29.4 Å². The van der Waals surface area contributed by atoms with E-state index in [4.69, 9.17) is 5.73 Å². The predicted octanol–water partition coefficient (Wildman–Crippen LogP) is 1.45. The van der Waals surface area contributed by atoms with Gasteiger partial charge in [0, 0.05) is 18.3 Å². The van der Waals surface area contributed by atoms with Gasteiger partial charge >= 0.3 is 0 Å². The molecule has 1 fully saturated rings. The second-order valence-corrected chi connectivity index (χ2v) is 4.58. The SMILES string of the molecule is CNC1CCN(Cc2ccc(N)cc2)CC1. The van der Waals surface area contributed by atoms with Crippen LogP contribution in [-0.2, 0) is 6.54 Å². The lowest BCUT2D eigenvalue weighted by molar-refractivity contribution is 0.194. The Labute approximate surface area is 97.6 Å². The molecule has 16 heavy (non-hydrogen) atoms. The van der Waals surface area contributed by atoms with Crippen LogP contribution in [0.3, 0.4) is 0 Å². The molecule has 0 amide bonds. The third-order valence-corrected chi connectivity index (χ3v) is 3.38. The molecule has 1 aromatic carbocycles. The Morgan fingerprint density at radius 1 is 1.25 bits per heavy atom. The number of likely N-dealkylation sites (tertiary alicyclic amines) is 1. The number of hydrogen-bond donors (Lipinski definition) is 2. The predicted molar refractivity (Wildman–Crippen MR) is 68.2 cm³/mol. The first-order valence-corrected chi connectivity index (χ1v) is 6.02. The molecule has 0 bridgehead atoms. The highest BCUT2D eigenvalue weighted by Crippen LogP contribution is 2.14. The van der Waals surface area contributed by atoms with E-state index in [1.807, 2.05) is 12.1 Å². The lowest BCUT2D eigenvalue weighted by atomic mass is 10.0. The molecule has 0 aromatic heterocycles. The summed E-state index contributed by atoms with van der Waals surface area (Å²) >= 11 is 0. The van der Waals surface area contributed by atoms with E-state index in [1.54, 1.807) is 0 Å². The average Bonchev–Trinajstić information content (AvgIpc) is 2.33. The molecule has 1 aromatic rings. The highest BCUT2D eigenvalue weighted by Gasteiger charge is 2.17. The first-order valence-electron chi connectivity index (χ1n) is 6.02. The van der Waals surface area contributed by atoms with Gasteiger partial charge in [0.2, 0.25) is 0 Å². The van der Waals surface area contributed by atoms with Crippen molar-refractivity contribution in [2.75, 3.05) is 25.9 Å². The fraction of sp³-hybridized carbons (Fsp3) is 0.538. The van der Waals surface area contributed by atoms with Crippen molar-refractivity contribution in [3.63, 3.8) is 0 Å². The normalized spacial score (nSPS) is 18.8. The third-order valence-electron chi connectivity index (χ3n) is 3.38. The zero-order valence-corrected chi connectivity index (χ0v) is 9.95. The lowest BCUT2D eigenvalue weighted by Crippen LogP contribution is -2.40. The van der Waals surface area contributed by atoms with Gasteiger partial charge in [-0.1, -0.05) is 12.1 Å². The highest BCUT2D eigenvalue weighted by molar-refractivity contribution is 5.39. The second kappa shape index (κ2) is 5.32.